The Labute approximate surface area is 166 Å². The van der Waals surface area contributed by atoms with Crippen LogP contribution >= 0.6 is 0 Å². The van der Waals surface area contributed by atoms with Crippen molar-refractivity contribution < 1.29 is 17.4 Å². The molecule has 0 bridgehead atoms. The first-order valence-corrected chi connectivity index (χ1v) is 11.9. The molecule has 3 unspecified atom stereocenters. The summed E-state index contributed by atoms with van der Waals surface area (Å²) in [6.07, 6.45) is 14.4. The lowest BCUT2D eigenvalue weighted by molar-refractivity contribution is -0.890. The van der Waals surface area contributed by atoms with Crippen molar-refractivity contribution in [2.75, 3.05) is 33.8 Å². The second kappa shape index (κ2) is 16.0. The quantitative estimate of drug-likeness (QED) is 0.182. The first-order valence-electron chi connectivity index (χ1n) is 10.9. The summed E-state index contributed by atoms with van der Waals surface area (Å²) in [6.45, 7) is 9.60. The van der Waals surface area contributed by atoms with E-state index in [1.54, 1.807) is 0 Å². The first kappa shape index (κ1) is 26.0. The van der Waals surface area contributed by atoms with Gasteiger partial charge in [-0.3, -0.25) is 8.74 Å². The van der Waals surface area contributed by atoms with E-state index in [1.807, 2.05) is 0 Å². The third-order valence-corrected chi connectivity index (χ3v) is 5.95. The molecule has 5 heteroatoms. The molecule has 0 aliphatic heterocycles. The zero-order chi connectivity index (χ0) is 19.8. The molecule has 0 aromatic rings. The van der Waals surface area contributed by atoms with Crippen LogP contribution in [0.15, 0.2) is 0 Å². The van der Waals surface area contributed by atoms with E-state index in [1.165, 1.54) is 70.8 Å². The SMILES string of the molecule is CCCCCC(C)CC(CC)CCCCC[N+](C)(C)CCCOS(=O)O. The van der Waals surface area contributed by atoms with Crippen LogP contribution in [0.4, 0.5) is 0 Å². The molecule has 4 nitrogen and oxygen atoms in total. The number of nitrogens with zero attached hydrogens (tertiary/aromatic N) is 1. The van der Waals surface area contributed by atoms with E-state index in [9.17, 15) is 4.21 Å². The maximum absolute atomic E-state index is 10.5. The Bertz CT molecular complexity index is 350. The van der Waals surface area contributed by atoms with E-state index in [2.05, 4.69) is 34.9 Å². The minimum absolute atomic E-state index is 0.361. The van der Waals surface area contributed by atoms with Gasteiger partial charge < -0.3 is 4.48 Å². The molecule has 0 heterocycles. The van der Waals surface area contributed by atoms with E-state index < -0.39 is 11.4 Å². The minimum atomic E-state index is -2.12. The van der Waals surface area contributed by atoms with Gasteiger partial charge in [-0.1, -0.05) is 65.7 Å². The number of hydrogen-bond donors (Lipinski definition) is 1. The van der Waals surface area contributed by atoms with Crippen molar-refractivity contribution in [3.8, 4) is 0 Å². The number of hydrogen-bond acceptors (Lipinski definition) is 2. The molecule has 0 aromatic heterocycles. The number of unbranched alkanes of at least 4 members (excludes halogenated alkanes) is 4. The van der Waals surface area contributed by atoms with Gasteiger partial charge in [0, 0.05) is 6.42 Å². The van der Waals surface area contributed by atoms with Crippen LogP contribution in [-0.4, -0.2) is 47.0 Å². The van der Waals surface area contributed by atoms with E-state index in [0.717, 1.165) is 29.3 Å². The second-order valence-electron chi connectivity index (χ2n) is 8.74. The highest BCUT2D eigenvalue weighted by molar-refractivity contribution is 7.74. The largest absolute Gasteiger partial charge is 0.328 e. The van der Waals surface area contributed by atoms with Crippen molar-refractivity contribution in [2.24, 2.45) is 11.8 Å². The monoisotopic (exact) mass is 392 g/mol. The van der Waals surface area contributed by atoms with Gasteiger partial charge in [0.2, 0.25) is 0 Å². The van der Waals surface area contributed by atoms with Crippen molar-refractivity contribution in [1.82, 2.24) is 0 Å². The van der Waals surface area contributed by atoms with E-state index in [4.69, 9.17) is 8.74 Å². The lowest BCUT2D eigenvalue weighted by Gasteiger charge is -2.29. The smallest absolute Gasteiger partial charge is 0.301 e. The van der Waals surface area contributed by atoms with Gasteiger partial charge in [-0.2, -0.15) is 4.21 Å². The lowest BCUT2D eigenvalue weighted by atomic mass is 9.87. The summed E-state index contributed by atoms with van der Waals surface area (Å²) in [7, 11) is 4.48. The molecule has 0 aliphatic rings. The highest BCUT2D eigenvalue weighted by atomic mass is 32.2. The fourth-order valence-electron chi connectivity index (χ4n) is 3.80. The molecule has 0 spiro atoms. The van der Waals surface area contributed by atoms with Crippen molar-refractivity contribution in [3.05, 3.63) is 0 Å². The van der Waals surface area contributed by atoms with Gasteiger partial charge in [0.1, 0.15) is 0 Å². The van der Waals surface area contributed by atoms with Crippen molar-refractivity contribution >= 4 is 11.4 Å². The van der Waals surface area contributed by atoms with Crippen LogP contribution in [-0.2, 0) is 15.5 Å². The summed E-state index contributed by atoms with van der Waals surface area (Å²) in [5, 5.41) is 0. The normalized spacial score (nSPS) is 15.8. The second-order valence-corrected chi connectivity index (χ2v) is 9.41. The van der Waals surface area contributed by atoms with Gasteiger partial charge in [-0.25, -0.2) is 0 Å². The molecule has 0 radical (unpaired) electrons. The van der Waals surface area contributed by atoms with Crippen LogP contribution in [0.3, 0.4) is 0 Å². The average molecular weight is 393 g/mol. The Morgan fingerprint density at radius 2 is 1.62 bits per heavy atom. The predicted octanol–water partition coefficient (Wildman–Crippen LogP) is 5.80. The molecule has 0 rings (SSSR count). The fraction of sp³-hybridized carbons (Fsp3) is 1.00. The third kappa shape index (κ3) is 16.2. The highest BCUT2D eigenvalue weighted by Crippen LogP contribution is 2.25. The molecule has 158 valence electrons. The first-order chi connectivity index (χ1) is 12.3. The summed E-state index contributed by atoms with van der Waals surface area (Å²) < 4.78 is 24.7. The van der Waals surface area contributed by atoms with Crippen LogP contribution in [0.1, 0.15) is 91.4 Å². The van der Waals surface area contributed by atoms with Crippen LogP contribution in [0, 0.1) is 11.8 Å². The van der Waals surface area contributed by atoms with Gasteiger partial charge in [0.05, 0.1) is 33.8 Å². The molecule has 3 atom stereocenters. The minimum Gasteiger partial charge on any atom is -0.328 e. The molecule has 0 fully saturated rings. The van der Waals surface area contributed by atoms with Crippen LogP contribution in [0.5, 0.6) is 0 Å². The van der Waals surface area contributed by atoms with E-state index in [-0.39, 0.29) is 0 Å². The molecule has 0 aliphatic carbocycles. The number of quaternary nitrogens is 1. The summed E-state index contributed by atoms with van der Waals surface area (Å²) in [5.41, 5.74) is 0. The molecular weight excluding hydrogens is 346 g/mol. The summed E-state index contributed by atoms with van der Waals surface area (Å²) >= 11 is -2.12. The van der Waals surface area contributed by atoms with Crippen molar-refractivity contribution in [2.45, 2.75) is 91.4 Å². The van der Waals surface area contributed by atoms with Crippen molar-refractivity contribution in [3.63, 3.8) is 0 Å². The van der Waals surface area contributed by atoms with Gasteiger partial charge >= 0.3 is 11.4 Å². The molecule has 0 saturated carbocycles. The van der Waals surface area contributed by atoms with E-state index >= 15 is 0 Å². The Morgan fingerprint density at radius 3 is 2.23 bits per heavy atom. The maximum atomic E-state index is 10.5. The Morgan fingerprint density at radius 1 is 0.962 bits per heavy atom. The molecule has 0 amide bonds. The van der Waals surface area contributed by atoms with Crippen LogP contribution < -0.4 is 0 Å². The van der Waals surface area contributed by atoms with E-state index in [0.29, 0.717) is 6.61 Å². The Hall–Kier alpha value is 0.0300. The summed E-state index contributed by atoms with van der Waals surface area (Å²) in [4.78, 5) is 0. The van der Waals surface area contributed by atoms with Gasteiger partial charge in [0.25, 0.3) is 0 Å². The summed E-state index contributed by atoms with van der Waals surface area (Å²) in [5.74, 6) is 1.79. The number of rotatable bonds is 18. The molecule has 0 aromatic carbocycles. The Kier molecular flexibility index (Phi) is 16.0. The fourth-order valence-corrected chi connectivity index (χ4v) is 4.06. The zero-order valence-corrected chi connectivity index (χ0v) is 19.0. The zero-order valence-electron chi connectivity index (χ0n) is 18.2. The standard InChI is InChI=1S/C21H45NO3S/c1-6-8-10-14-20(3)19-21(7-2)15-11-9-12-16-22(4,5)17-13-18-25-26(23)24/h20-21H,6-19H2,1-5H3/p+1. The predicted molar refractivity (Wildman–Crippen MR) is 113 cm³/mol. The van der Waals surface area contributed by atoms with Crippen LogP contribution in [0.25, 0.3) is 0 Å². The van der Waals surface area contributed by atoms with Gasteiger partial charge in [-0.05, 0) is 31.1 Å². The third-order valence-electron chi connectivity index (χ3n) is 5.58. The van der Waals surface area contributed by atoms with Gasteiger partial charge in [0.15, 0.2) is 0 Å². The average Bonchev–Trinajstić information content (AvgIpc) is 2.57. The van der Waals surface area contributed by atoms with Crippen LogP contribution in [0.2, 0.25) is 0 Å². The van der Waals surface area contributed by atoms with Gasteiger partial charge in [-0.15, -0.1) is 0 Å². The molecule has 1 N–H and O–H groups in total. The summed E-state index contributed by atoms with van der Waals surface area (Å²) in [6, 6.07) is 0. The Balaban J connectivity index is 3.78. The highest BCUT2D eigenvalue weighted by Gasteiger charge is 2.15. The topological polar surface area (TPSA) is 46.5 Å². The molecule has 26 heavy (non-hydrogen) atoms. The molecular formula is C21H46NO3S+. The lowest BCUT2D eigenvalue weighted by Crippen LogP contribution is -2.41. The van der Waals surface area contributed by atoms with Crippen molar-refractivity contribution in [1.29, 1.82) is 0 Å². The maximum Gasteiger partial charge on any atom is 0.301 e. The molecule has 0 saturated heterocycles.